The fraction of sp³-hybridized carbons (Fsp3) is 0.529. The van der Waals surface area contributed by atoms with Crippen molar-refractivity contribution in [3.8, 4) is 11.5 Å². The molecule has 1 saturated carbocycles. The van der Waals surface area contributed by atoms with E-state index in [9.17, 15) is 9.59 Å². The van der Waals surface area contributed by atoms with Gasteiger partial charge in [-0.2, -0.15) is 0 Å². The molecule has 1 aliphatic carbocycles. The summed E-state index contributed by atoms with van der Waals surface area (Å²) in [6.07, 6.45) is 2.24. The number of amides is 1. The van der Waals surface area contributed by atoms with Crippen molar-refractivity contribution in [1.29, 1.82) is 0 Å². The topological polar surface area (TPSA) is 76.1 Å². The fourth-order valence-electron chi connectivity index (χ4n) is 3.58. The number of rotatable bonds is 4. The molecule has 1 heterocycles. The highest BCUT2D eigenvalue weighted by Gasteiger charge is 2.59. The van der Waals surface area contributed by atoms with Crippen LogP contribution in [0.15, 0.2) is 16.6 Å². The lowest BCUT2D eigenvalue weighted by Gasteiger charge is -2.32. The van der Waals surface area contributed by atoms with Crippen LogP contribution in [0, 0.1) is 11.3 Å². The third kappa shape index (κ3) is 2.85. The molecule has 1 atom stereocenters. The second-order valence-corrected chi connectivity index (χ2v) is 7.24. The number of carboxylic acid groups (broad SMARTS) is 1. The zero-order valence-corrected chi connectivity index (χ0v) is 15.3. The van der Waals surface area contributed by atoms with Crippen molar-refractivity contribution in [3.05, 3.63) is 22.2 Å². The van der Waals surface area contributed by atoms with Gasteiger partial charge in [0.25, 0.3) is 5.91 Å². The lowest BCUT2D eigenvalue weighted by Crippen LogP contribution is -2.40. The highest BCUT2D eigenvalue weighted by atomic mass is 79.9. The van der Waals surface area contributed by atoms with Crippen LogP contribution < -0.4 is 9.47 Å². The Hall–Kier alpha value is -1.76. The number of hydrogen-bond donors (Lipinski definition) is 1. The molecule has 7 heteroatoms. The highest BCUT2D eigenvalue weighted by molar-refractivity contribution is 9.10. The van der Waals surface area contributed by atoms with Gasteiger partial charge >= 0.3 is 5.97 Å². The van der Waals surface area contributed by atoms with Gasteiger partial charge in [-0.3, -0.25) is 9.59 Å². The predicted molar refractivity (Wildman–Crippen MR) is 90.6 cm³/mol. The summed E-state index contributed by atoms with van der Waals surface area (Å²) >= 11 is 3.39. The Kier molecular flexibility index (Phi) is 4.46. The summed E-state index contributed by atoms with van der Waals surface area (Å²) in [5, 5.41) is 9.15. The molecule has 1 spiro atoms. The second kappa shape index (κ2) is 6.27. The van der Waals surface area contributed by atoms with E-state index >= 15 is 0 Å². The van der Waals surface area contributed by atoms with Gasteiger partial charge in [-0.1, -0.05) is 0 Å². The SMILES string of the molecule is COc1cc(C(=O)N2CCC3(CC2)CC3C(=O)O)cc(OC)c1Br. The molecule has 2 fully saturated rings. The number of likely N-dealkylation sites (tertiary alicyclic amines) is 1. The molecule has 130 valence electrons. The maximum absolute atomic E-state index is 12.8. The van der Waals surface area contributed by atoms with Crippen LogP contribution >= 0.6 is 15.9 Å². The van der Waals surface area contributed by atoms with Gasteiger partial charge in [0, 0.05) is 18.7 Å². The molecular formula is C17H20BrNO5. The molecule has 24 heavy (non-hydrogen) atoms. The van der Waals surface area contributed by atoms with Crippen LogP contribution in [0.3, 0.4) is 0 Å². The number of ether oxygens (including phenoxy) is 2. The lowest BCUT2D eigenvalue weighted by atomic mass is 9.90. The van der Waals surface area contributed by atoms with E-state index in [0.29, 0.717) is 34.6 Å². The van der Waals surface area contributed by atoms with E-state index in [1.807, 2.05) is 0 Å². The normalized spacial score (nSPS) is 21.5. The van der Waals surface area contributed by atoms with Crippen molar-refractivity contribution < 1.29 is 24.2 Å². The molecule has 2 aliphatic rings. The number of aliphatic carboxylic acids is 1. The van der Waals surface area contributed by atoms with Gasteiger partial charge in [0.1, 0.15) is 16.0 Å². The summed E-state index contributed by atoms with van der Waals surface area (Å²) in [5.74, 6) is 0.0554. The molecule has 1 saturated heterocycles. The first-order valence-corrected chi connectivity index (χ1v) is 8.65. The minimum atomic E-state index is -0.711. The number of piperidine rings is 1. The Morgan fingerprint density at radius 1 is 1.21 bits per heavy atom. The lowest BCUT2D eigenvalue weighted by molar-refractivity contribution is -0.139. The number of benzene rings is 1. The number of carboxylic acids is 1. The quantitative estimate of drug-likeness (QED) is 0.844. The number of carbonyl (C=O) groups is 2. The van der Waals surface area contributed by atoms with Gasteiger partial charge in [0.15, 0.2) is 0 Å². The number of methoxy groups -OCH3 is 2. The van der Waals surface area contributed by atoms with Crippen molar-refractivity contribution in [2.45, 2.75) is 19.3 Å². The van der Waals surface area contributed by atoms with Crippen LogP contribution in [-0.2, 0) is 4.79 Å². The monoisotopic (exact) mass is 397 g/mol. The van der Waals surface area contributed by atoms with E-state index in [2.05, 4.69) is 15.9 Å². The van der Waals surface area contributed by atoms with Crippen molar-refractivity contribution in [3.63, 3.8) is 0 Å². The Labute approximate surface area is 148 Å². The third-order valence-electron chi connectivity index (χ3n) is 5.23. The van der Waals surface area contributed by atoms with E-state index in [0.717, 1.165) is 19.3 Å². The zero-order valence-electron chi connectivity index (χ0n) is 13.7. The van der Waals surface area contributed by atoms with Gasteiger partial charge in [-0.25, -0.2) is 0 Å². The molecule has 0 bridgehead atoms. The smallest absolute Gasteiger partial charge is 0.307 e. The Morgan fingerprint density at radius 3 is 2.17 bits per heavy atom. The van der Waals surface area contributed by atoms with Crippen molar-refractivity contribution >= 4 is 27.8 Å². The van der Waals surface area contributed by atoms with Crippen LogP contribution in [0.5, 0.6) is 11.5 Å². The first-order chi connectivity index (χ1) is 11.4. The summed E-state index contributed by atoms with van der Waals surface area (Å²) in [6.45, 7) is 1.17. The summed E-state index contributed by atoms with van der Waals surface area (Å²) in [7, 11) is 3.08. The number of hydrogen-bond acceptors (Lipinski definition) is 4. The summed E-state index contributed by atoms with van der Waals surface area (Å²) in [5.41, 5.74) is 0.422. The van der Waals surface area contributed by atoms with Gasteiger partial charge < -0.3 is 19.5 Å². The van der Waals surface area contributed by atoms with Gasteiger partial charge in [-0.15, -0.1) is 0 Å². The molecule has 3 rings (SSSR count). The van der Waals surface area contributed by atoms with E-state index in [4.69, 9.17) is 14.6 Å². The first-order valence-electron chi connectivity index (χ1n) is 7.85. The van der Waals surface area contributed by atoms with Gasteiger partial charge in [0.2, 0.25) is 0 Å². The fourth-order valence-corrected chi connectivity index (χ4v) is 4.13. The Morgan fingerprint density at radius 2 is 1.75 bits per heavy atom. The maximum atomic E-state index is 12.8. The third-order valence-corrected chi connectivity index (χ3v) is 6.01. The van der Waals surface area contributed by atoms with Crippen molar-refractivity contribution in [2.75, 3.05) is 27.3 Å². The van der Waals surface area contributed by atoms with Crippen LogP contribution in [0.2, 0.25) is 0 Å². The average Bonchev–Trinajstić information content (AvgIpc) is 3.29. The van der Waals surface area contributed by atoms with Gasteiger partial charge in [-0.05, 0) is 52.7 Å². The molecule has 1 amide bonds. The molecule has 0 aromatic heterocycles. The van der Waals surface area contributed by atoms with E-state index < -0.39 is 5.97 Å². The molecule has 1 unspecified atom stereocenters. The molecular weight excluding hydrogens is 378 g/mol. The molecule has 1 aliphatic heterocycles. The van der Waals surface area contributed by atoms with Crippen LogP contribution in [0.25, 0.3) is 0 Å². The van der Waals surface area contributed by atoms with E-state index in [-0.39, 0.29) is 17.2 Å². The Balaban J connectivity index is 1.73. The highest BCUT2D eigenvalue weighted by Crippen LogP contribution is 2.59. The predicted octanol–water partition coefficient (Wildman–Crippen LogP) is 2.79. The van der Waals surface area contributed by atoms with Crippen LogP contribution in [0.4, 0.5) is 0 Å². The van der Waals surface area contributed by atoms with Crippen LogP contribution in [0.1, 0.15) is 29.6 Å². The summed E-state index contributed by atoms with van der Waals surface area (Å²) in [6, 6.07) is 3.38. The minimum absolute atomic E-state index is 0.0820. The van der Waals surface area contributed by atoms with E-state index in [1.54, 1.807) is 17.0 Å². The summed E-state index contributed by atoms with van der Waals surface area (Å²) < 4.78 is 11.2. The number of nitrogens with zero attached hydrogens (tertiary/aromatic N) is 1. The molecule has 6 nitrogen and oxygen atoms in total. The molecule has 1 N–H and O–H groups in total. The average molecular weight is 398 g/mol. The molecule has 1 aromatic rings. The molecule has 0 radical (unpaired) electrons. The summed E-state index contributed by atoms with van der Waals surface area (Å²) in [4.78, 5) is 25.7. The largest absolute Gasteiger partial charge is 0.495 e. The first kappa shape index (κ1) is 17.1. The van der Waals surface area contributed by atoms with Crippen molar-refractivity contribution in [1.82, 2.24) is 4.90 Å². The zero-order chi connectivity index (χ0) is 17.5. The maximum Gasteiger partial charge on any atom is 0.307 e. The second-order valence-electron chi connectivity index (χ2n) is 6.44. The Bertz CT molecular complexity index is 657. The number of carbonyl (C=O) groups excluding carboxylic acids is 1. The van der Waals surface area contributed by atoms with E-state index in [1.165, 1.54) is 14.2 Å². The molecule has 1 aromatic carbocycles. The minimum Gasteiger partial charge on any atom is -0.495 e. The van der Waals surface area contributed by atoms with Gasteiger partial charge in [0.05, 0.1) is 20.1 Å². The van der Waals surface area contributed by atoms with Crippen molar-refractivity contribution in [2.24, 2.45) is 11.3 Å². The van der Waals surface area contributed by atoms with Crippen LogP contribution in [-0.4, -0.2) is 49.2 Å². The standard InChI is InChI=1S/C17H20BrNO5/c1-23-12-7-10(8-13(24-2)14(12)18)15(20)19-5-3-17(4-6-19)9-11(17)16(21)22/h7-8,11H,3-6,9H2,1-2H3,(H,21,22). The number of halogens is 1.